The van der Waals surface area contributed by atoms with E-state index in [0.717, 1.165) is 31.6 Å². The van der Waals surface area contributed by atoms with E-state index in [0.29, 0.717) is 25.7 Å². The molecule has 1 saturated heterocycles. The molecule has 0 bridgehead atoms. The van der Waals surface area contributed by atoms with Crippen molar-refractivity contribution in [3.63, 3.8) is 0 Å². The summed E-state index contributed by atoms with van der Waals surface area (Å²) in [4.78, 5) is 6.85. The maximum Gasteiger partial charge on any atom is 0.188 e. The zero-order chi connectivity index (χ0) is 17.9. The third-order valence-electron chi connectivity index (χ3n) is 4.51. The fourth-order valence-corrected chi connectivity index (χ4v) is 3.01. The van der Waals surface area contributed by atoms with E-state index in [2.05, 4.69) is 22.1 Å². The van der Waals surface area contributed by atoms with Crippen molar-refractivity contribution in [3.8, 4) is 0 Å². The van der Waals surface area contributed by atoms with E-state index < -0.39 is 0 Å². The maximum atomic E-state index is 13.2. The Balaban J connectivity index is 1.93. The molecule has 0 radical (unpaired) electrons. The van der Waals surface area contributed by atoms with Crippen LogP contribution in [0, 0.1) is 5.82 Å². The molecule has 1 atom stereocenters. The van der Waals surface area contributed by atoms with Crippen molar-refractivity contribution < 1.29 is 9.13 Å². The highest BCUT2D eigenvalue weighted by molar-refractivity contribution is 5.77. The van der Waals surface area contributed by atoms with Crippen LogP contribution in [0.3, 0.4) is 0 Å². The SMILES string of the molecule is CCCCCCNC(N)=NCC(c1ccc(F)cc1)N1CCOCC1. The molecule has 1 aliphatic heterocycles. The smallest absolute Gasteiger partial charge is 0.188 e. The van der Waals surface area contributed by atoms with Gasteiger partial charge >= 0.3 is 0 Å². The second-order valence-corrected chi connectivity index (χ2v) is 6.43. The third-order valence-corrected chi connectivity index (χ3v) is 4.51. The number of nitrogens with two attached hydrogens (primary N) is 1. The molecule has 0 saturated carbocycles. The number of rotatable bonds is 9. The molecule has 2 rings (SSSR count). The summed E-state index contributed by atoms with van der Waals surface area (Å²) in [6.07, 6.45) is 4.79. The van der Waals surface area contributed by atoms with Crippen molar-refractivity contribution in [3.05, 3.63) is 35.6 Å². The van der Waals surface area contributed by atoms with Crippen LogP contribution < -0.4 is 11.1 Å². The number of nitrogens with zero attached hydrogens (tertiary/aromatic N) is 2. The maximum absolute atomic E-state index is 13.2. The molecular weight excluding hydrogens is 319 g/mol. The van der Waals surface area contributed by atoms with Crippen LogP contribution in [0.25, 0.3) is 0 Å². The van der Waals surface area contributed by atoms with Gasteiger partial charge in [-0.25, -0.2) is 4.39 Å². The Morgan fingerprint density at radius 2 is 1.96 bits per heavy atom. The van der Waals surface area contributed by atoms with Crippen LogP contribution in [-0.4, -0.2) is 50.3 Å². The van der Waals surface area contributed by atoms with Gasteiger partial charge in [0.25, 0.3) is 0 Å². The highest BCUT2D eigenvalue weighted by Gasteiger charge is 2.22. The summed E-state index contributed by atoms with van der Waals surface area (Å²) in [7, 11) is 0. The molecule has 0 aromatic heterocycles. The number of hydrogen-bond donors (Lipinski definition) is 2. The minimum Gasteiger partial charge on any atom is -0.379 e. The molecular formula is C19H31FN4O. The van der Waals surface area contributed by atoms with Crippen LogP contribution in [0.2, 0.25) is 0 Å². The standard InChI is InChI=1S/C19H31FN4O/c1-2-3-4-5-10-22-19(21)23-15-18(24-11-13-25-14-12-24)16-6-8-17(20)9-7-16/h6-9,18H,2-5,10-15H2,1H3,(H3,21,22,23). The van der Waals surface area contributed by atoms with Crippen molar-refractivity contribution in [2.45, 2.75) is 38.6 Å². The second-order valence-electron chi connectivity index (χ2n) is 6.43. The molecule has 0 aliphatic carbocycles. The number of morpholine rings is 1. The van der Waals surface area contributed by atoms with Crippen LogP contribution in [0.4, 0.5) is 4.39 Å². The normalized spacial score (nSPS) is 17.4. The molecule has 1 aromatic carbocycles. The molecule has 140 valence electrons. The first kappa shape index (κ1) is 19.7. The van der Waals surface area contributed by atoms with Gasteiger partial charge in [-0.05, 0) is 24.1 Å². The predicted molar refractivity (Wildman–Crippen MR) is 100 cm³/mol. The van der Waals surface area contributed by atoms with Gasteiger partial charge in [-0.3, -0.25) is 9.89 Å². The first-order valence-electron chi connectivity index (χ1n) is 9.31. The molecule has 0 spiro atoms. The number of nitrogens with one attached hydrogen (secondary N) is 1. The monoisotopic (exact) mass is 350 g/mol. The van der Waals surface area contributed by atoms with Gasteiger partial charge in [0.2, 0.25) is 0 Å². The molecule has 0 amide bonds. The molecule has 25 heavy (non-hydrogen) atoms. The predicted octanol–water partition coefficient (Wildman–Crippen LogP) is 2.68. The lowest BCUT2D eigenvalue weighted by Crippen LogP contribution is -2.41. The Morgan fingerprint density at radius 3 is 2.64 bits per heavy atom. The van der Waals surface area contributed by atoms with Crippen molar-refractivity contribution in [2.75, 3.05) is 39.4 Å². The summed E-state index contributed by atoms with van der Waals surface area (Å²) < 4.78 is 18.7. The topological polar surface area (TPSA) is 62.9 Å². The molecule has 3 N–H and O–H groups in total. The summed E-state index contributed by atoms with van der Waals surface area (Å²) in [5.41, 5.74) is 7.06. The molecule has 1 aliphatic rings. The van der Waals surface area contributed by atoms with E-state index in [1.807, 2.05) is 12.1 Å². The number of ether oxygens (including phenoxy) is 1. The lowest BCUT2D eigenvalue weighted by Gasteiger charge is -2.34. The quantitative estimate of drug-likeness (QED) is 0.408. The van der Waals surface area contributed by atoms with Crippen LogP contribution in [0.1, 0.15) is 44.2 Å². The Kier molecular flexibility index (Phi) is 8.69. The average molecular weight is 350 g/mol. The Bertz CT molecular complexity index is 515. The molecule has 1 unspecified atom stereocenters. The number of halogens is 1. The molecule has 1 aromatic rings. The number of benzene rings is 1. The van der Waals surface area contributed by atoms with E-state index in [1.54, 1.807) is 0 Å². The molecule has 6 heteroatoms. The van der Waals surface area contributed by atoms with Crippen LogP contribution in [0.5, 0.6) is 0 Å². The summed E-state index contributed by atoms with van der Waals surface area (Å²) in [5.74, 6) is 0.262. The van der Waals surface area contributed by atoms with Crippen molar-refractivity contribution in [2.24, 2.45) is 10.7 Å². The summed E-state index contributed by atoms with van der Waals surface area (Å²) in [6, 6.07) is 6.76. The Hall–Kier alpha value is -1.66. The van der Waals surface area contributed by atoms with Crippen LogP contribution in [-0.2, 0) is 4.74 Å². The first-order chi connectivity index (χ1) is 12.2. The number of unbranched alkanes of at least 4 members (excludes halogenated alkanes) is 3. The highest BCUT2D eigenvalue weighted by atomic mass is 19.1. The largest absolute Gasteiger partial charge is 0.379 e. The molecule has 1 heterocycles. The minimum atomic E-state index is -0.221. The lowest BCUT2D eigenvalue weighted by molar-refractivity contribution is 0.0179. The van der Waals surface area contributed by atoms with Gasteiger partial charge in [-0.1, -0.05) is 38.3 Å². The lowest BCUT2D eigenvalue weighted by atomic mass is 10.0. The van der Waals surface area contributed by atoms with Gasteiger partial charge in [0.05, 0.1) is 25.8 Å². The zero-order valence-electron chi connectivity index (χ0n) is 15.2. The molecule has 5 nitrogen and oxygen atoms in total. The Labute approximate surface area is 150 Å². The van der Waals surface area contributed by atoms with E-state index in [4.69, 9.17) is 10.5 Å². The number of guanidine groups is 1. The van der Waals surface area contributed by atoms with Crippen molar-refractivity contribution in [1.82, 2.24) is 10.2 Å². The fraction of sp³-hybridized carbons (Fsp3) is 0.632. The minimum absolute atomic E-state index is 0.0879. The van der Waals surface area contributed by atoms with E-state index in [-0.39, 0.29) is 11.9 Å². The van der Waals surface area contributed by atoms with Crippen molar-refractivity contribution in [1.29, 1.82) is 0 Å². The zero-order valence-corrected chi connectivity index (χ0v) is 15.2. The van der Waals surface area contributed by atoms with Gasteiger partial charge in [-0.2, -0.15) is 0 Å². The van der Waals surface area contributed by atoms with Gasteiger partial charge in [-0.15, -0.1) is 0 Å². The fourth-order valence-electron chi connectivity index (χ4n) is 3.01. The van der Waals surface area contributed by atoms with Gasteiger partial charge < -0.3 is 15.8 Å². The summed E-state index contributed by atoms with van der Waals surface area (Å²) in [6.45, 7) is 6.74. The van der Waals surface area contributed by atoms with E-state index in [1.165, 1.54) is 31.4 Å². The average Bonchev–Trinajstić information content (AvgIpc) is 2.64. The van der Waals surface area contributed by atoms with E-state index in [9.17, 15) is 4.39 Å². The van der Waals surface area contributed by atoms with Crippen molar-refractivity contribution >= 4 is 5.96 Å². The number of aliphatic imine (C=N–C) groups is 1. The first-order valence-corrected chi connectivity index (χ1v) is 9.31. The Morgan fingerprint density at radius 1 is 1.24 bits per heavy atom. The second kappa shape index (κ2) is 11.1. The van der Waals surface area contributed by atoms with Gasteiger partial charge in [0, 0.05) is 19.6 Å². The summed E-state index contributed by atoms with van der Waals surface area (Å²) in [5, 5.41) is 3.18. The van der Waals surface area contributed by atoms with Crippen LogP contribution in [0.15, 0.2) is 29.3 Å². The van der Waals surface area contributed by atoms with Crippen LogP contribution >= 0.6 is 0 Å². The van der Waals surface area contributed by atoms with E-state index >= 15 is 0 Å². The third kappa shape index (κ3) is 7.00. The highest BCUT2D eigenvalue weighted by Crippen LogP contribution is 2.22. The van der Waals surface area contributed by atoms with Gasteiger partial charge in [0.1, 0.15) is 5.82 Å². The van der Waals surface area contributed by atoms with Gasteiger partial charge in [0.15, 0.2) is 5.96 Å². The molecule has 1 fully saturated rings. The summed E-state index contributed by atoms with van der Waals surface area (Å²) >= 11 is 0. The number of hydrogen-bond acceptors (Lipinski definition) is 3.